The predicted octanol–water partition coefficient (Wildman–Crippen LogP) is 1.36. The SMILES string of the molecule is CCOC(=O)C1C[C@H](N=[N+]=[N-])[C@@H](NC(C)=O)[C@H](OC(C)=O)C1N=[N+]=[N-]. The molecular formula is C13H19N7O5. The molecule has 12 heteroatoms. The van der Waals surface area contributed by atoms with Gasteiger partial charge in [-0.2, -0.15) is 0 Å². The highest BCUT2D eigenvalue weighted by Gasteiger charge is 2.49. The number of ether oxygens (including phenoxy) is 2. The van der Waals surface area contributed by atoms with Crippen LogP contribution in [0.4, 0.5) is 0 Å². The molecule has 0 saturated heterocycles. The fourth-order valence-electron chi connectivity index (χ4n) is 2.83. The van der Waals surface area contributed by atoms with E-state index in [4.69, 9.17) is 20.5 Å². The van der Waals surface area contributed by atoms with Gasteiger partial charge in [0.2, 0.25) is 5.91 Å². The van der Waals surface area contributed by atoms with Crippen LogP contribution in [0.5, 0.6) is 0 Å². The van der Waals surface area contributed by atoms with Crippen LogP contribution in [-0.2, 0) is 23.9 Å². The van der Waals surface area contributed by atoms with Crippen molar-refractivity contribution in [1.82, 2.24) is 5.32 Å². The summed E-state index contributed by atoms with van der Waals surface area (Å²) in [6, 6.07) is -2.95. The Hall–Kier alpha value is -2.97. The van der Waals surface area contributed by atoms with E-state index < -0.39 is 48.0 Å². The van der Waals surface area contributed by atoms with Crippen LogP contribution >= 0.6 is 0 Å². The van der Waals surface area contributed by atoms with Gasteiger partial charge in [-0.1, -0.05) is 10.2 Å². The number of hydrogen-bond acceptors (Lipinski definition) is 7. The molecule has 1 saturated carbocycles. The van der Waals surface area contributed by atoms with Crippen molar-refractivity contribution in [2.45, 2.75) is 51.4 Å². The molecule has 0 bridgehead atoms. The van der Waals surface area contributed by atoms with Crippen molar-refractivity contribution >= 4 is 17.8 Å². The molecule has 136 valence electrons. The van der Waals surface area contributed by atoms with E-state index in [0.717, 1.165) is 6.92 Å². The summed E-state index contributed by atoms with van der Waals surface area (Å²) in [5.74, 6) is -2.82. The maximum atomic E-state index is 12.2. The van der Waals surface area contributed by atoms with Crippen molar-refractivity contribution < 1.29 is 23.9 Å². The summed E-state index contributed by atoms with van der Waals surface area (Å²) in [4.78, 5) is 40.6. The second-order valence-corrected chi connectivity index (χ2v) is 5.36. The van der Waals surface area contributed by atoms with Crippen molar-refractivity contribution in [2.75, 3.05) is 6.61 Å². The van der Waals surface area contributed by atoms with E-state index >= 15 is 0 Å². The van der Waals surface area contributed by atoms with Crippen LogP contribution in [0.2, 0.25) is 0 Å². The summed E-state index contributed by atoms with van der Waals surface area (Å²) < 4.78 is 10.2. The lowest BCUT2D eigenvalue weighted by atomic mass is 9.76. The van der Waals surface area contributed by atoms with E-state index in [1.165, 1.54) is 6.92 Å². The number of amides is 1. The van der Waals surface area contributed by atoms with Gasteiger partial charge in [-0.3, -0.25) is 14.4 Å². The third-order valence-electron chi connectivity index (χ3n) is 3.66. The van der Waals surface area contributed by atoms with Crippen LogP contribution in [0.1, 0.15) is 27.2 Å². The smallest absolute Gasteiger partial charge is 0.309 e. The fraction of sp³-hybridized carbons (Fsp3) is 0.769. The molecular weight excluding hydrogens is 334 g/mol. The number of hydrogen-bond donors (Lipinski definition) is 1. The number of rotatable bonds is 6. The summed E-state index contributed by atoms with van der Waals surface area (Å²) in [7, 11) is 0. The Kier molecular flexibility index (Phi) is 7.51. The molecule has 0 aromatic carbocycles. The Balaban J connectivity index is 3.38. The first kappa shape index (κ1) is 20.1. The Labute approximate surface area is 143 Å². The average molecular weight is 353 g/mol. The van der Waals surface area contributed by atoms with Gasteiger partial charge < -0.3 is 14.8 Å². The Morgan fingerprint density at radius 3 is 2.32 bits per heavy atom. The number of carbonyl (C=O) groups is 3. The minimum absolute atomic E-state index is 0.0324. The highest BCUT2D eigenvalue weighted by atomic mass is 16.5. The molecule has 0 radical (unpaired) electrons. The maximum absolute atomic E-state index is 12.2. The van der Waals surface area contributed by atoms with Gasteiger partial charge in [-0.25, -0.2) is 0 Å². The molecule has 1 amide bonds. The molecule has 12 nitrogen and oxygen atoms in total. The quantitative estimate of drug-likeness (QED) is 0.327. The molecule has 5 atom stereocenters. The molecule has 1 N–H and O–H groups in total. The lowest BCUT2D eigenvalue weighted by Gasteiger charge is -2.42. The first-order valence-corrected chi connectivity index (χ1v) is 7.55. The van der Waals surface area contributed by atoms with Crippen LogP contribution in [0.25, 0.3) is 20.9 Å². The second-order valence-electron chi connectivity index (χ2n) is 5.36. The highest BCUT2D eigenvalue weighted by molar-refractivity contribution is 5.76. The third-order valence-corrected chi connectivity index (χ3v) is 3.66. The van der Waals surface area contributed by atoms with Crippen molar-refractivity contribution in [1.29, 1.82) is 0 Å². The monoisotopic (exact) mass is 353 g/mol. The lowest BCUT2D eigenvalue weighted by molar-refractivity contribution is -0.161. The first-order valence-electron chi connectivity index (χ1n) is 7.55. The van der Waals surface area contributed by atoms with Gasteiger partial charge in [-0.15, -0.1) is 0 Å². The number of azide groups is 2. The van der Waals surface area contributed by atoms with E-state index in [1.807, 2.05) is 0 Å². The van der Waals surface area contributed by atoms with Gasteiger partial charge in [0.1, 0.15) is 6.10 Å². The van der Waals surface area contributed by atoms with E-state index in [0.29, 0.717) is 0 Å². The largest absolute Gasteiger partial charge is 0.466 e. The van der Waals surface area contributed by atoms with Gasteiger partial charge in [0, 0.05) is 23.7 Å². The maximum Gasteiger partial charge on any atom is 0.309 e. The average Bonchev–Trinajstić information content (AvgIpc) is 2.52. The van der Waals surface area contributed by atoms with E-state index in [9.17, 15) is 14.4 Å². The van der Waals surface area contributed by atoms with E-state index in [2.05, 4.69) is 25.4 Å². The first-order chi connectivity index (χ1) is 11.8. The summed E-state index contributed by atoms with van der Waals surface area (Å²) in [6.45, 7) is 4.07. The zero-order chi connectivity index (χ0) is 19.0. The van der Waals surface area contributed by atoms with Crippen molar-refractivity contribution in [3.8, 4) is 0 Å². The topological polar surface area (TPSA) is 179 Å². The molecule has 0 aromatic rings. The number of nitrogens with zero attached hydrogens (tertiary/aromatic N) is 6. The van der Waals surface area contributed by atoms with Crippen LogP contribution in [0.3, 0.4) is 0 Å². The second kappa shape index (κ2) is 9.36. The Morgan fingerprint density at radius 2 is 1.84 bits per heavy atom. The van der Waals surface area contributed by atoms with Gasteiger partial charge >= 0.3 is 11.9 Å². The van der Waals surface area contributed by atoms with Gasteiger partial charge in [0.15, 0.2) is 0 Å². The Bertz CT molecular complexity index is 626. The van der Waals surface area contributed by atoms with Crippen molar-refractivity contribution in [2.24, 2.45) is 16.1 Å². The molecule has 1 fully saturated rings. The van der Waals surface area contributed by atoms with Gasteiger partial charge in [0.05, 0.1) is 30.7 Å². The normalized spacial score (nSPS) is 27.9. The fourth-order valence-corrected chi connectivity index (χ4v) is 2.83. The summed E-state index contributed by atoms with van der Waals surface area (Å²) in [5.41, 5.74) is 17.6. The third kappa shape index (κ3) is 5.27. The minimum atomic E-state index is -1.18. The molecule has 0 spiro atoms. The van der Waals surface area contributed by atoms with Crippen molar-refractivity contribution in [3.05, 3.63) is 20.9 Å². The lowest BCUT2D eigenvalue weighted by Crippen LogP contribution is -2.61. The van der Waals surface area contributed by atoms with Crippen LogP contribution in [-0.4, -0.2) is 48.7 Å². The van der Waals surface area contributed by atoms with Crippen LogP contribution in [0, 0.1) is 5.92 Å². The highest BCUT2D eigenvalue weighted by Crippen LogP contribution is 2.33. The summed E-state index contributed by atoms with van der Waals surface area (Å²) in [5, 5.41) is 9.70. The molecule has 2 unspecified atom stereocenters. The van der Waals surface area contributed by atoms with Crippen LogP contribution < -0.4 is 5.32 Å². The molecule has 1 rings (SSSR count). The number of nitrogens with one attached hydrogen (secondary N) is 1. The summed E-state index contributed by atoms with van der Waals surface area (Å²) >= 11 is 0. The van der Waals surface area contributed by atoms with E-state index in [1.54, 1.807) is 6.92 Å². The Morgan fingerprint density at radius 1 is 1.20 bits per heavy atom. The van der Waals surface area contributed by atoms with Gasteiger partial charge in [-0.05, 0) is 24.4 Å². The number of carbonyl (C=O) groups excluding carboxylic acids is 3. The number of esters is 2. The standard InChI is InChI=1S/C13H19N7O5/c1-4-24-13(23)8-5-9(17-19-14)11(16-6(2)21)12(25-7(3)22)10(8)18-20-15/h8-12H,4-5H2,1-3H3,(H,16,21)/t8?,9-,10?,11+,12+/m0/s1. The van der Waals surface area contributed by atoms with Crippen molar-refractivity contribution in [3.63, 3.8) is 0 Å². The molecule has 1 aliphatic carbocycles. The molecule has 1 aliphatic rings. The zero-order valence-electron chi connectivity index (χ0n) is 14.0. The zero-order valence-corrected chi connectivity index (χ0v) is 14.0. The molecule has 0 aliphatic heterocycles. The molecule has 25 heavy (non-hydrogen) atoms. The predicted molar refractivity (Wildman–Crippen MR) is 83.8 cm³/mol. The molecule has 0 heterocycles. The summed E-state index contributed by atoms with van der Waals surface area (Å²) in [6.07, 6.45) is -1.22. The van der Waals surface area contributed by atoms with E-state index in [-0.39, 0.29) is 13.0 Å². The minimum Gasteiger partial charge on any atom is -0.466 e. The van der Waals surface area contributed by atoms with Gasteiger partial charge in [0.25, 0.3) is 0 Å². The molecule has 0 aromatic heterocycles. The van der Waals surface area contributed by atoms with Crippen LogP contribution in [0.15, 0.2) is 10.2 Å².